The number of amides is 1. The molecule has 0 spiro atoms. The topological polar surface area (TPSA) is 58.8 Å². The van der Waals surface area contributed by atoms with Crippen LogP contribution in [0.1, 0.15) is 12.8 Å². The van der Waals surface area contributed by atoms with E-state index in [2.05, 4.69) is 11.9 Å². The fourth-order valence-electron chi connectivity index (χ4n) is 2.97. The van der Waals surface area contributed by atoms with E-state index >= 15 is 0 Å². The van der Waals surface area contributed by atoms with Crippen molar-refractivity contribution in [2.75, 3.05) is 53.5 Å². The highest BCUT2D eigenvalue weighted by molar-refractivity contribution is 5.84. The van der Waals surface area contributed by atoms with Gasteiger partial charge in [-0.2, -0.15) is 0 Å². The summed E-state index contributed by atoms with van der Waals surface area (Å²) < 4.78 is 5.17. The van der Waals surface area contributed by atoms with Crippen LogP contribution < -0.4 is 5.73 Å². The first kappa shape index (κ1) is 13.8. The predicted octanol–water partition coefficient (Wildman–Crippen LogP) is -0.238. The molecule has 1 atom stereocenters. The highest BCUT2D eigenvalue weighted by Gasteiger charge is 2.46. The van der Waals surface area contributed by atoms with E-state index in [0.717, 1.165) is 13.1 Å². The van der Waals surface area contributed by atoms with Gasteiger partial charge in [0.1, 0.15) is 5.41 Å². The molecule has 0 aromatic rings. The summed E-state index contributed by atoms with van der Waals surface area (Å²) in [6.07, 6.45) is 2.45. The predicted molar refractivity (Wildman–Crippen MR) is 70.2 cm³/mol. The van der Waals surface area contributed by atoms with Gasteiger partial charge in [0.2, 0.25) is 5.91 Å². The Kier molecular flexibility index (Phi) is 4.25. The standard InChI is InChI=1S/C13H25N3O2/c1-15-5-3-4-11(6-15)7-16(2)12(17)13(8-14)9-18-10-13/h11H,3-10,14H2,1-2H3. The summed E-state index contributed by atoms with van der Waals surface area (Å²) in [5.41, 5.74) is 5.29. The molecule has 2 aliphatic heterocycles. The maximum absolute atomic E-state index is 12.4. The minimum absolute atomic E-state index is 0.157. The molecule has 2 saturated heterocycles. The molecule has 0 bridgehead atoms. The molecule has 5 nitrogen and oxygen atoms in total. The summed E-state index contributed by atoms with van der Waals surface area (Å²) in [5.74, 6) is 0.748. The Morgan fingerprint density at radius 3 is 2.78 bits per heavy atom. The lowest BCUT2D eigenvalue weighted by molar-refractivity contribution is -0.169. The van der Waals surface area contributed by atoms with Crippen LogP contribution in [0.5, 0.6) is 0 Å². The molecule has 0 radical (unpaired) electrons. The number of hydrogen-bond donors (Lipinski definition) is 1. The monoisotopic (exact) mass is 255 g/mol. The van der Waals surface area contributed by atoms with Gasteiger partial charge in [0.05, 0.1) is 13.2 Å². The first-order valence-electron chi connectivity index (χ1n) is 6.79. The number of nitrogens with two attached hydrogens (primary N) is 1. The minimum Gasteiger partial charge on any atom is -0.379 e. The molecule has 0 aromatic heterocycles. The van der Waals surface area contributed by atoms with E-state index in [-0.39, 0.29) is 5.91 Å². The number of piperidine rings is 1. The highest BCUT2D eigenvalue weighted by atomic mass is 16.5. The molecule has 0 aliphatic carbocycles. The van der Waals surface area contributed by atoms with E-state index in [9.17, 15) is 4.79 Å². The number of nitrogens with zero attached hydrogens (tertiary/aromatic N) is 2. The number of hydrogen-bond acceptors (Lipinski definition) is 4. The van der Waals surface area contributed by atoms with E-state index < -0.39 is 5.41 Å². The summed E-state index contributed by atoms with van der Waals surface area (Å²) >= 11 is 0. The van der Waals surface area contributed by atoms with Crippen molar-refractivity contribution in [1.29, 1.82) is 0 Å². The summed E-state index contributed by atoms with van der Waals surface area (Å²) in [7, 11) is 4.04. The van der Waals surface area contributed by atoms with E-state index in [1.807, 2.05) is 11.9 Å². The molecule has 2 heterocycles. The second kappa shape index (κ2) is 5.55. The summed E-state index contributed by atoms with van der Waals surface area (Å²) in [6.45, 7) is 4.46. The van der Waals surface area contributed by atoms with Gasteiger partial charge < -0.3 is 20.3 Å². The van der Waals surface area contributed by atoms with Crippen LogP contribution in [-0.4, -0.2) is 69.2 Å². The molecule has 0 aromatic carbocycles. The van der Waals surface area contributed by atoms with Crippen molar-refractivity contribution in [3.63, 3.8) is 0 Å². The highest BCUT2D eigenvalue weighted by Crippen LogP contribution is 2.29. The largest absolute Gasteiger partial charge is 0.379 e. The van der Waals surface area contributed by atoms with Crippen molar-refractivity contribution in [2.24, 2.45) is 17.1 Å². The zero-order chi connectivity index (χ0) is 13.2. The maximum Gasteiger partial charge on any atom is 0.234 e. The van der Waals surface area contributed by atoms with Gasteiger partial charge in [0.25, 0.3) is 0 Å². The first-order valence-corrected chi connectivity index (χ1v) is 6.79. The fraction of sp³-hybridized carbons (Fsp3) is 0.923. The molecule has 2 rings (SSSR count). The van der Waals surface area contributed by atoms with Crippen LogP contribution in [-0.2, 0) is 9.53 Å². The van der Waals surface area contributed by atoms with Crippen molar-refractivity contribution in [3.8, 4) is 0 Å². The Balaban J connectivity index is 1.87. The third kappa shape index (κ3) is 2.68. The molecule has 18 heavy (non-hydrogen) atoms. The average molecular weight is 255 g/mol. The third-order valence-corrected chi connectivity index (χ3v) is 4.20. The molecule has 104 valence electrons. The van der Waals surface area contributed by atoms with Crippen molar-refractivity contribution < 1.29 is 9.53 Å². The maximum atomic E-state index is 12.4. The Hall–Kier alpha value is -0.650. The van der Waals surface area contributed by atoms with Crippen LogP contribution in [0.15, 0.2) is 0 Å². The van der Waals surface area contributed by atoms with Crippen LogP contribution in [0.4, 0.5) is 0 Å². The first-order chi connectivity index (χ1) is 8.57. The quantitative estimate of drug-likeness (QED) is 0.753. The van der Waals surface area contributed by atoms with E-state index in [0.29, 0.717) is 25.7 Å². The van der Waals surface area contributed by atoms with E-state index in [1.54, 1.807) is 0 Å². The van der Waals surface area contributed by atoms with Gasteiger partial charge in [0, 0.05) is 26.7 Å². The lowest BCUT2D eigenvalue weighted by Crippen LogP contribution is -2.59. The van der Waals surface area contributed by atoms with Gasteiger partial charge in [-0.3, -0.25) is 4.79 Å². The molecule has 2 aliphatic rings. The minimum atomic E-state index is -0.435. The van der Waals surface area contributed by atoms with Crippen LogP contribution in [0.2, 0.25) is 0 Å². The normalized spacial score (nSPS) is 27.6. The van der Waals surface area contributed by atoms with Gasteiger partial charge in [-0.05, 0) is 32.4 Å². The molecule has 5 heteroatoms. The van der Waals surface area contributed by atoms with E-state index in [1.165, 1.54) is 19.4 Å². The van der Waals surface area contributed by atoms with Gasteiger partial charge in [-0.1, -0.05) is 0 Å². The van der Waals surface area contributed by atoms with Crippen LogP contribution in [0.25, 0.3) is 0 Å². The zero-order valence-corrected chi connectivity index (χ0v) is 11.5. The second-order valence-electron chi connectivity index (χ2n) is 5.93. The van der Waals surface area contributed by atoms with Crippen LogP contribution in [0, 0.1) is 11.3 Å². The van der Waals surface area contributed by atoms with Crippen molar-refractivity contribution in [3.05, 3.63) is 0 Å². The second-order valence-corrected chi connectivity index (χ2v) is 5.93. The fourth-order valence-corrected chi connectivity index (χ4v) is 2.97. The number of carbonyl (C=O) groups excluding carboxylic acids is 1. The van der Waals surface area contributed by atoms with E-state index in [4.69, 9.17) is 10.5 Å². The average Bonchev–Trinajstić information content (AvgIpc) is 2.28. The summed E-state index contributed by atoms with van der Waals surface area (Å²) in [5, 5.41) is 0. The zero-order valence-electron chi connectivity index (χ0n) is 11.5. The Morgan fingerprint density at radius 1 is 1.56 bits per heavy atom. The van der Waals surface area contributed by atoms with Crippen molar-refractivity contribution in [1.82, 2.24) is 9.80 Å². The van der Waals surface area contributed by atoms with Crippen molar-refractivity contribution in [2.45, 2.75) is 12.8 Å². The molecule has 0 saturated carbocycles. The number of likely N-dealkylation sites (tertiary alicyclic amines) is 1. The third-order valence-electron chi connectivity index (χ3n) is 4.20. The van der Waals surface area contributed by atoms with Crippen LogP contribution >= 0.6 is 0 Å². The molecule has 2 fully saturated rings. The van der Waals surface area contributed by atoms with Gasteiger partial charge >= 0.3 is 0 Å². The lowest BCUT2D eigenvalue weighted by Gasteiger charge is -2.42. The molecular weight excluding hydrogens is 230 g/mol. The molecule has 1 unspecified atom stereocenters. The van der Waals surface area contributed by atoms with Crippen LogP contribution in [0.3, 0.4) is 0 Å². The number of rotatable bonds is 4. The van der Waals surface area contributed by atoms with Crippen molar-refractivity contribution >= 4 is 5.91 Å². The number of carbonyl (C=O) groups is 1. The summed E-state index contributed by atoms with van der Waals surface area (Å²) in [6, 6.07) is 0. The SMILES string of the molecule is CN1CCCC(CN(C)C(=O)C2(CN)COC2)C1. The van der Waals surface area contributed by atoms with Gasteiger partial charge in [-0.15, -0.1) is 0 Å². The Bertz CT molecular complexity index is 299. The number of ether oxygens (including phenoxy) is 1. The molecule has 2 N–H and O–H groups in total. The van der Waals surface area contributed by atoms with Gasteiger partial charge in [0.15, 0.2) is 0 Å². The summed E-state index contributed by atoms with van der Waals surface area (Å²) in [4.78, 5) is 16.6. The molecule has 1 amide bonds. The smallest absolute Gasteiger partial charge is 0.234 e. The van der Waals surface area contributed by atoms with Gasteiger partial charge in [-0.25, -0.2) is 0 Å². The lowest BCUT2D eigenvalue weighted by atomic mass is 9.84. The Labute approximate surface area is 109 Å². The Morgan fingerprint density at radius 2 is 2.28 bits per heavy atom. The molecular formula is C13H25N3O2.